The van der Waals surface area contributed by atoms with Gasteiger partial charge in [-0.1, -0.05) is 0 Å². The van der Waals surface area contributed by atoms with E-state index in [0.717, 1.165) is 45.7 Å². The number of carbonyl (C=O) groups is 1. The highest BCUT2D eigenvalue weighted by Gasteiger charge is 2.41. The van der Waals surface area contributed by atoms with Crippen molar-refractivity contribution in [2.24, 2.45) is 5.41 Å². The molecule has 5 heteroatoms. The molecule has 3 rings (SSSR count). The first-order valence-electron chi connectivity index (χ1n) is 7.36. The zero-order valence-corrected chi connectivity index (χ0v) is 12.3. The van der Waals surface area contributed by atoms with Crippen LogP contribution >= 0.6 is 12.4 Å². The van der Waals surface area contributed by atoms with Crippen LogP contribution in [0.15, 0.2) is 0 Å². The average Bonchev–Trinajstić information content (AvgIpc) is 3.01. The van der Waals surface area contributed by atoms with Crippen molar-refractivity contribution in [2.45, 2.75) is 44.6 Å². The maximum absolute atomic E-state index is 12.3. The van der Waals surface area contributed by atoms with E-state index in [1.165, 1.54) is 19.3 Å². The molecule has 110 valence electrons. The van der Waals surface area contributed by atoms with Gasteiger partial charge in [0.1, 0.15) is 0 Å². The van der Waals surface area contributed by atoms with Gasteiger partial charge in [-0.2, -0.15) is 0 Å². The van der Waals surface area contributed by atoms with Crippen molar-refractivity contribution < 1.29 is 9.53 Å². The van der Waals surface area contributed by atoms with E-state index in [2.05, 4.69) is 10.2 Å². The lowest BCUT2D eigenvalue weighted by Gasteiger charge is -2.33. The fraction of sp³-hybridized carbons (Fsp3) is 0.929. The maximum atomic E-state index is 12.3. The number of nitrogens with one attached hydrogen (secondary N) is 1. The average molecular weight is 289 g/mol. The Kier molecular flexibility index (Phi) is 5.09. The van der Waals surface area contributed by atoms with Crippen molar-refractivity contribution in [3.63, 3.8) is 0 Å². The van der Waals surface area contributed by atoms with Gasteiger partial charge in [0.15, 0.2) is 0 Å². The van der Waals surface area contributed by atoms with Gasteiger partial charge in [0.2, 0.25) is 5.91 Å². The highest BCUT2D eigenvalue weighted by Crippen LogP contribution is 2.39. The molecule has 19 heavy (non-hydrogen) atoms. The lowest BCUT2D eigenvalue weighted by Crippen LogP contribution is -2.37. The Morgan fingerprint density at radius 3 is 2.79 bits per heavy atom. The molecule has 0 aromatic rings. The Balaban J connectivity index is 0.00000133. The van der Waals surface area contributed by atoms with Gasteiger partial charge in [-0.25, -0.2) is 0 Å². The summed E-state index contributed by atoms with van der Waals surface area (Å²) in [6.07, 6.45) is 6.54. The van der Waals surface area contributed by atoms with Crippen molar-refractivity contribution in [3.05, 3.63) is 0 Å². The number of halogens is 1. The first-order chi connectivity index (χ1) is 8.77. The summed E-state index contributed by atoms with van der Waals surface area (Å²) in [5, 5.41) is 3.41. The minimum atomic E-state index is 0. The number of hydrogen-bond donors (Lipinski definition) is 1. The molecule has 0 aromatic carbocycles. The van der Waals surface area contributed by atoms with Crippen molar-refractivity contribution in [1.29, 1.82) is 0 Å². The molecule has 3 saturated heterocycles. The van der Waals surface area contributed by atoms with Gasteiger partial charge in [-0.3, -0.25) is 4.79 Å². The van der Waals surface area contributed by atoms with Gasteiger partial charge < -0.3 is 15.0 Å². The second-order valence-electron chi connectivity index (χ2n) is 6.18. The molecule has 1 atom stereocenters. The lowest BCUT2D eigenvalue weighted by atomic mass is 9.80. The number of hydrogen-bond acceptors (Lipinski definition) is 3. The summed E-state index contributed by atoms with van der Waals surface area (Å²) in [5.74, 6) is 0.359. The van der Waals surface area contributed by atoms with E-state index < -0.39 is 0 Å². The van der Waals surface area contributed by atoms with E-state index in [0.29, 0.717) is 23.8 Å². The summed E-state index contributed by atoms with van der Waals surface area (Å²) in [7, 11) is 0. The highest BCUT2D eigenvalue weighted by atomic mass is 35.5. The van der Waals surface area contributed by atoms with Crippen LogP contribution in [0.1, 0.15) is 38.5 Å². The molecule has 0 aromatic heterocycles. The molecule has 3 fully saturated rings. The van der Waals surface area contributed by atoms with Crippen LogP contribution in [0, 0.1) is 5.41 Å². The Labute approximate surface area is 121 Å². The number of ether oxygens (including phenoxy) is 1. The van der Waals surface area contributed by atoms with Crippen molar-refractivity contribution in [3.8, 4) is 0 Å². The largest absolute Gasteiger partial charge is 0.381 e. The van der Waals surface area contributed by atoms with Crippen LogP contribution in [0.5, 0.6) is 0 Å². The van der Waals surface area contributed by atoms with E-state index >= 15 is 0 Å². The summed E-state index contributed by atoms with van der Waals surface area (Å²) < 4.78 is 5.45. The van der Waals surface area contributed by atoms with Crippen molar-refractivity contribution in [2.75, 3.05) is 32.8 Å². The van der Waals surface area contributed by atoms with Crippen molar-refractivity contribution in [1.82, 2.24) is 10.2 Å². The van der Waals surface area contributed by atoms with E-state index in [1.54, 1.807) is 0 Å². The maximum Gasteiger partial charge on any atom is 0.224 e. The number of nitrogens with zero attached hydrogens (tertiary/aromatic N) is 1. The molecule has 3 aliphatic rings. The monoisotopic (exact) mass is 288 g/mol. The summed E-state index contributed by atoms with van der Waals surface area (Å²) >= 11 is 0. The Morgan fingerprint density at radius 1 is 1.32 bits per heavy atom. The van der Waals surface area contributed by atoms with Crippen molar-refractivity contribution >= 4 is 18.3 Å². The van der Waals surface area contributed by atoms with Crippen LogP contribution in [0.4, 0.5) is 0 Å². The molecule has 1 N–H and O–H groups in total. The van der Waals surface area contributed by atoms with Gasteiger partial charge >= 0.3 is 0 Å². The van der Waals surface area contributed by atoms with Gasteiger partial charge in [-0.15, -0.1) is 12.4 Å². The summed E-state index contributed by atoms with van der Waals surface area (Å²) in [6, 6.07) is 0.434. The summed E-state index contributed by atoms with van der Waals surface area (Å²) in [4.78, 5) is 14.4. The summed E-state index contributed by atoms with van der Waals surface area (Å²) in [5.41, 5.74) is 0.386. The van der Waals surface area contributed by atoms with Gasteiger partial charge in [0.05, 0.1) is 0 Å². The normalized spacial score (nSPS) is 29.5. The van der Waals surface area contributed by atoms with E-state index in [-0.39, 0.29) is 12.4 Å². The standard InChI is InChI=1S/C14H24N2O2.ClH/c17-13(10-12-2-1-6-15-12)16-7-3-14(11-16)4-8-18-9-5-14;/h12,15H,1-11H2;1H. The number of amides is 1. The molecular formula is C14H25ClN2O2. The minimum Gasteiger partial charge on any atom is -0.381 e. The van der Waals surface area contributed by atoms with Gasteiger partial charge in [-0.05, 0) is 44.1 Å². The second-order valence-corrected chi connectivity index (χ2v) is 6.18. The van der Waals surface area contributed by atoms with E-state index in [9.17, 15) is 4.79 Å². The Bertz CT molecular complexity index is 313. The van der Waals surface area contributed by atoms with Gasteiger partial charge in [0.25, 0.3) is 0 Å². The number of carbonyl (C=O) groups excluding carboxylic acids is 1. The molecule has 3 heterocycles. The van der Waals surface area contributed by atoms with Crippen LogP contribution < -0.4 is 5.32 Å². The third kappa shape index (κ3) is 3.41. The van der Waals surface area contributed by atoms with E-state index in [1.807, 2.05) is 0 Å². The molecule has 0 radical (unpaired) electrons. The SMILES string of the molecule is Cl.O=C(CC1CCCN1)N1CCC2(CCOCC2)C1. The third-order valence-corrected chi connectivity index (χ3v) is 4.93. The quantitative estimate of drug-likeness (QED) is 0.839. The predicted molar refractivity (Wildman–Crippen MR) is 76.6 cm³/mol. The first kappa shape index (κ1) is 15.1. The number of likely N-dealkylation sites (tertiary alicyclic amines) is 1. The topological polar surface area (TPSA) is 41.6 Å². The molecule has 0 aliphatic carbocycles. The second kappa shape index (κ2) is 6.42. The highest BCUT2D eigenvalue weighted by molar-refractivity contribution is 5.85. The molecule has 1 spiro atoms. The van der Waals surface area contributed by atoms with Crippen LogP contribution in [-0.2, 0) is 9.53 Å². The third-order valence-electron chi connectivity index (χ3n) is 4.93. The predicted octanol–water partition coefficient (Wildman–Crippen LogP) is 1.58. The molecular weight excluding hydrogens is 264 g/mol. The zero-order valence-electron chi connectivity index (χ0n) is 11.5. The summed E-state index contributed by atoms with van der Waals surface area (Å²) in [6.45, 7) is 4.78. The smallest absolute Gasteiger partial charge is 0.224 e. The van der Waals surface area contributed by atoms with Gasteiger partial charge in [0, 0.05) is 38.8 Å². The Morgan fingerprint density at radius 2 is 2.11 bits per heavy atom. The molecule has 0 saturated carbocycles. The molecule has 1 amide bonds. The molecule has 1 unspecified atom stereocenters. The minimum absolute atomic E-state index is 0. The van der Waals surface area contributed by atoms with Crippen LogP contribution in [0.25, 0.3) is 0 Å². The Hall–Kier alpha value is -0.320. The molecule has 3 aliphatic heterocycles. The van der Waals surface area contributed by atoms with Crippen LogP contribution in [0.3, 0.4) is 0 Å². The number of rotatable bonds is 2. The van der Waals surface area contributed by atoms with Crippen LogP contribution in [0.2, 0.25) is 0 Å². The van der Waals surface area contributed by atoms with Crippen LogP contribution in [-0.4, -0.2) is 49.7 Å². The fourth-order valence-electron chi connectivity index (χ4n) is 3.63. The zero-order chi connectivity index (χ0) is 12.4. The molecule has 4 nitrogen and oxygen atoms in total. The lowest BCUT2D eigenvalue weighted by molar-refractivity contribution is -0.131. The molecule has 0 bridgehead atoms. The van der Waals surface area contributed by atoms with E-state index in [4.69, 9.17) is 4.74 Å². The first-order valence-corrected chi connectivity index (χ1v) is 7.36. The fourth-order valence-corrected chi connectivity index (χ4v) is 3.63.